The van der Waals surface area contributed by atoms with Crippen molar-refractivity contribution in [2.45, 2.75) is 38.0 Å². The second kappa shape index (κ2) is 5.08. The van der Waals surface area contributed by atoms with Crippen LogP contribution in [0.2, 0.25) is 0 Å². The van der Waals surface area contributed by atoms with Gasteiger partial charge in [-0.3, -0.25) is 0 Å². The van der Waals surface area contributed by atoms with Crippen molar-refractivity contribution < 1.29 is 4.21 Å². The molecule has 1 aliphatic rings. The van der Waals surface area contributed by atoms with Crippen LogP contribution in [0.3, 0.4) is 0 Å². The first-order valence-corrected chi connectivity index (χ1v) is 6.15. The van der Waals surface area contributed by atoms with Crippen LogP contribution in [-0.4, -0.2) is 39.9 Å². The third-order valence-corrected chi connectivity index (χ3v) is 4.10. The summed E-state index contributed by atoms with van der Waals surface area (Å²) in [7, 11) is 1.19. The molecule has 0 saturated carbocycles. The maximum absolute atomic E-state index is 11.8. The molecule has 1 heterocycles. The van der Waals surface area contributed by atoms with Gasteiger partial charge in [-0.1, -0.05) is 0 Å². The van der Waals surface area contributed by atoms with E-state index in [0.29, 0.717) is 6.04 Å². The molecule has 1 fully saturated rings. The van der Waals surface area contributed by atoms with E-state index in [4.69, 9.17) is 0 Å². The Kier molecular flexibility index (Phi) is 4.35. The Morgan fingerprint density at radius 3 is 2.77 bits per heavy atom. The molecule has 1 N–H and O–H groups in total. The molecule has 1 aliphatic heterocycles. The summed E-state index contributed by atoms with van der Waals surface area (Å²) in [5.41, 5.74) is 0. The highest BCUT2D eigenvalue weighted by Gasteiger charge is 2.23. The van der Waals surface area contributed by atoms with Gasteiger partial charge in [0.2, 0.25) is 0 Å². The van der Waals surface area contributed by atoms with Gasteiger partial charge in [-0.2, -0.15) is 0 Å². The van der Waals surface area contributed by atoms with E-state index in [1.165, 1.54) is 6.42 Å². The van der Waals surface area contributed by atoms with Crippen LogP contribution in [0.15, 0.2) is 0 Å². The lowest BCUT2D eigenvalue weighted by Crippen LogP contribution is -2.46. The quantitative estimate of drug-likeness (QED) is 0.735. The molecule has 4 heteroatoms. The Morgan fingerprint density at radius 1 is 1.54 bits per heavy atom. The van der Waals surface area contributed by atoms with Crippen LogP contribution in [0, 0.1) is 0 Å². The Bertz CT molecular complexity index is 184. The number of hydrogen-bond acceptors (Lipinski definition) is 2. The highest BCUT2D eigenvalue weighted by atomic mass is 32.2. The van der Waals surface area contributed by atoms with Gasteiger partial charge in [-0.05, 0) is 33.7 Å². The molecule has 0 aliphatic carbocycles. The van der Waals surface area contributed by atoms with Crippen LogP contribution < -0.4 is 5.32 Å². The van der Waals surface area contributed by atoms with Crippen LogP contribution in [-0.2, 0) is 11.0 Å². The van der Waals surface area contributed by atoms with Crippen LogP contribution in [0.1, 0.15) is 26.7 Å². The minimum absolute atomic E-state index is 0.246. The minimum atomic E-state index is -0.787. The summed E-state index contributed by atoms with van der Waals surface area (Å²) in [6, 6.07) is 0.524. The van der Waals surface area contributed by atoms with Gasteiger partial charge < -0.3 is 5.32 Å². The first kappa shape index (κ1) is 11.1. The second-order valence-corrected chi connectivity index (χ2v) is 5.85. The molecule has 0 aromatic heterocycles. The summed E-state index contributed by atoms with van der Waals surface area (Å²) in [5.74, 6) is 0. The monoisotopic (exact) mass is 204 g/mol. The van der Waals surface area contributed by atoms with Crippen molar-refractivity contribution in [3.05, 3.63) is 0 Å². The van der Waals surface area contributed by atoms with E-state index < -0.39 is 11.0 Å². The van der Waals surface area contributed by atoms with Gasteiger partial charge in [0.15, 0.2) is 0 Å². The lowest BCUT2D eigenvalue weighted by atomic mass is 10.1. The summed E-state index contributed by atoms with van der Waals surface area (Å²) < 4.78 is 13.9. The first-order chi connectivity index (χ1) is 6.15. The fourth-order valence-electron chi connectivity index (χ4n) is 1.64. The van der Waals surface area contributed by atoms with Gasteiger partial charge in [-0.15, -0.1) is 0 Å². The van der Waals surface area contributed by atoms with E-state index in [-0.39, 0.29) is 5.25 Å². The van der Waals surface area contributed by atoms with E-state index in [0.717, 1.165) is 19.5 Å². The van der Waals surface area contributed by atoms with E-state index in [1.807, 2.05) is 20.9 Å². The number of rotatable bonds is 3. The molecule has 0 amide bonds. The van der Waals surface area contributed by atoms with Crippen molar-refractivity contribution in [2.24, 2.45) is 0 Å². The summed E-state index contributed by atoms with van der Waals surface area (Å²) in [4.78, 5) is 0. The number of nitrogens with zero attached hydrogens (tertiary/aromatic N) is 1. The third-order valence-electron chi connectivity index (χ3n) is 2.45. The molecule has 1 saturated heterocycles. The van der Waals surface area contributed by atoms with Crippen molar-refractivity contribution in [1.82, 2.24) is 9.62 Å². The SMILES string of the molecule is CNC1CCCN(S(=O)C(C)C)C1. The molecular weight excluding hydrogens is 184 g/mol. The summed E-state index contributed by atoms with van der Waals surface area (Å²) in [6.07, 6.45) is 2.37. The largest absolute Gasteiger partial charge is 0.316 e. The van der Waals surface area contributed by atoms with E-state index in [2.05, 4.69) is 9.62 Å². The molecule has 0 spiro atoms. The van der Waals surface area contributed by atoms with Crippen molar-refractivity contribution >= 4 is 11.0 Å². The van der Waals surface area contributed by atoms with Crippen LogP contribution >= 0.6 is 0 Å². The lowest BCUT2D eigenvalue weighted by molar-refractivity contribution is 0.303. The Hall–Kier alpha value is 0.0700. The fourth-order valence-corrected chi connectivity index (χ4v) is 2.87. The molecule has 3 nitrogen and oxygen atoms in total. The number of hydrogen-bond donors (Lipinski definition) is 1. The lowest BCUT2D eigenvalue weighted by Gasteiger charge is -2.32. The Balaban J connectivity index is 2.46. The van der Waals surface area contributed by atoms with Gasteiger partial charge in [-0.25, -0.2) is 8.51 Å². The Morgan fingerprint density at radius 2 is 2.23 bits per heavy atom. The van der Waals surface area contributed by atoms with Gasteiger partial charge >= 0.3 is 0 Å². The maximum Gasteiger partial charge on any atom is 0.0969 e. The topological polar surface area (TPSA) is 32.3 Å². The smallest absolute Gasteiger partial charge is 0.0969 e. The maximum atomic E-state index is 11.8. The van der Waals surface area contributed by atoms with Gasteiger partial charge in [0.1, 0.15) is 0 Å². The molecule has 0 radical (unpaired) electrons. The van der Waals surface area contributed by atoms with E-state index >= 15 is 0 Å². The van der Waals surface area contributed by atoms with E-state index in [1.54, 1.807) is 0 Å². The fraction of sp³-hybridized carbons (Fsp3) is 1.00. The minimum Gasteiger partial charge on any atom is -0.316 e. The molecule has 0 aromatic rings. The second-order valence-electron chi connectivity index (χ2n) is 3.84. The number of nitrogens with one attached hydrogen (secondary N) is 1. The zero-order valence-electron chi connectivity index (χ0n) is 8.75. The molecule has 1 rings (SSSR count). The predicted octanol–water partition coefficient (Wildman–Crippen LogP) is 0.742. The number of piperidine rings is 1. The highest BCUT2D eigenvalue weighted by Crippen LogP contribution is 2.13. The molecule has 0 aromatic carbocycles. The zero-order valence-corrected chi connectivity index (χ0v) is 9.56. The molecule has 0 bridgehead atoms. The van der Waals surface area contributed by atoms with Crippen molar-refractivity contribution in [3.8, 4) is 0 Å². The summed E-state index contributed by atoms with van der Waals surface area (Å²) in [5, 5.41) is 3.50. The van der Waals surface area contributed by atoms with Gasteiger partial charge in [0.05, 0.1) is 11.0 Å². The van der Waals surface area contributed by atoms with Crippen molar-refractivity contribution in [1.29, 1.82) is 0 Å². The highest BCUT2D eigenvalue weighted by molar-refractivity contribution is 7.83. The van der Waals surface area contributed by atoms with Crippen molar-refractivity contribution in [2.75, 3.05) is 20.1 Å². The third kappa shape index (κ3) is 3.04. The van der Waals surface area contributed by atoms with Gasteiger partial charge in [0, 0.05) is 24.4 Å². The van der Waals surface area contributed by atoms with Gasteiger partial charge in [0.25, 0.3) is 0 Å². The molecule has 2 atom stereocenters. The standard InChI is InChI=1S/C9H20N2OS/c1-8(2)13(12)11-6-4-5-9(7-11)10-3/h8-10H,4-7H2,1-3H3. The van der Waals surface area contributed by atoms with Crippen LogP contribution in [0.4, 0.5) is 0 Å². The number of likely N-dealkylation sites (N-methyl/N-ethyl adjacent to an activating group) is 1. The molecular formula is C9H20N2OS. The van der Waals surface area contributed by atoms with Crippen LogP contribution in [0.25, 0.3) is 0 Å². The molecule has 78 valence electrons. The predicted molar refractivity (Wildman–Crippen MR) is 56.9 cm³/mol. The summed E-state index contributed by atoms with van der Waals surface area (Å²) >= 11 is 0. The molecule has 2 unspecified atom stereocenters. The Labute approximate surface area is 83.5 Å². The molecule has 13 heavy (non-hydrogen) atoms. The average Bonchev–Trinajstić information content (AvgIpc) is 2.16. The van der Waals surface area contributed by atoms with Crippen molar-refractivity contribution in [3.63, 3.8) is 0 Å². The average molecular weight is 204 g/mol. The normalized spacial score (nSPS) is 27.8. The van der Waals surface area contributed by atoms with Crippen LogP contribution in [0.5, 0.6) is 0 Å². The zero-order chi connectivity index (χ0) is 9.84. The summed E-state index contributed by atoms with van der Waals surface area (Å²) in [6.45, 7) is 5.95. The first-order valence-electron chi connectivity index (χ1n) is 4.98. The van der Waals surface area contributed by atoms with E-state index in [9.17, 15) is 4.21 Å².